The monoisotopic (exact) mass is 355 g/mol. The Balaban J connectivity index is 1.73. The second-order valence-electron chi connectivity index (χ2n) is 6.80. The maximum atomic E-state index is 13.1. The van der Waals surface area contributed by atoms with E-state index in [1.165, 1.54) is 4.90 Å². The van der Waals surface area contributed by atoms with Crippen LogP contribution in [0.25, 0.3) is 5.69 Å². The molecule has 0 saturated carbocycles. The van der Waals surface area contributed by atoms with Crippen LogP contribution in [0.5, 0.6) is 0 Å². The standard InChI is InChI=1S/C19H21N3O4/c1-12-5-7-13(8-6-12)22-15-4-2-3-14(15)17(20-22)18(23)21-9-10-26-11-16(21)19(24)25/h5-8,16H,2-4,9-11H2,1H3,(H,24,25). The van der Waals surface area contributed by atoms with Crippen molar-refractivity contribution in [2.45, 2.75) is 32.2 Å². The van der Waals surface area contributed by atoms with Gasteiger partial charge in [0.15, 0.2) is 11.7 Å². The van der Waals surface area contributed by atoms with Gasteiger partial charge in [-0.2, -0.15) is 5.10 Å². The normalized spacial score (nSPS) is 19.4. The number of morpholine rings is 1. The van der Waals surface area contributed by atoms with Gasteiger partial charge in [-0.15, -0.1) is 0 Å². The number of nitrogens with zero attached hydrogens (tertiary/aromatic N) is 3. The van der Waals surface area contributed by atoms with Crippen molar-refractivity contribution in [1.82, 2.24) is 14.7 Å². The predicted octanol–water partition coefficient (Wildman–Crippen LogP) is 1.60. The van der Waals surface area contributed by atoms with E-state index in [1.54, 1.807) is 0 Å². The molecule has 1 N–H and O–H groups in total. The van der Waals surface area contributed by atoms with Crippen LogP contribution in [0.4, 0.5) is 0 Å². The second kappa shape index (κ2) is 6.57. The molecule has 1 aliphatic heterocycles. The van der Waals surface area contributed by atoms with Crippen molar-refractivity contribution in [3.63, 3.8) is 0 Å². The Morgan fingerprint density at radius 1 is 1.23 bits per heavy atom. The van der Waals surface area contributed by atoms with Crippen molar-refractivity contribution in [3.8, 4) is 5.69 Å². The van der Waals surface area contributed by atoms with Gasteiger partial charge in [0, 0.05) is 17.8 Å². The quantitative estimate of drug-likeness (QED) is 0.904. The van der Waals surface area contributed by atoms with Gasteiger partial charge in [0.05, 0.1) is 18.9 Å². The molecule has 1 atom stereocenters. The third-order valence-corrected chi connectivity index (χ3v) is 5.09. The minimum atomic E-state index is -1.05. The number of hydrogen-bond acceptors (Lipinski definition) is 4. The van der Waals surface area contributed by atoms with Gasteiger partial charge < -0.3 is 14.7 Å². The van der Waals surface area contributed by atoms with E-state index in [2.05, 4.69) is 5.10 Å². The number of benzene rings is 1. The molecule has 1 saturated heterocycles. The van der Waals surface area contributed by atoms with E-state index in [4.69, 9.17) is 4.74 Å². The molecule has 1 aliphatic carbocycles. The number of aliphatic carboxylic acids is 1. The average molecular weight is 355 g/mol. The third-order valence-electron chi connectivity index (χ3n) is 5.09. The zero-order valence-electron chi connectivity index (χ0n) is 14.6. The van der Waals surface area contributed by atoms with E-state index < -0.39 is 12.0 Å². The molecule has 2 heterocycles. The van der Waals surface area contributed by atoms with Crippen LogP contribution in [0.3, 0.4) is 0 Å². The van der Waals surface area contributed by atoms with Crippen molar-refractivity contribution in [1.29, 1.82) is 0 Å². The molecule has 0 bridgehead atoms. The first-order chi connectivity index (χ1) is 12.6. The van der Waals surface area contributed by atoms with Crippen LogP contribution >= 0.6 is 0 Å². The third kappa shape index (κ3) is 2.78. The maximum absolute atomic E-state index is 13.1. The zero-order chi connectivity index (χ0) is 18.3. The van der Waals surface area contributed by atoms with Crippen LogP contribution in [0.1, 0.15) is 33.7 Å². The van der Waals surface area contributed by atoms with E-state index in [-0.39, 0.29) is 19.1 Å². The molecule has 1 amide bonds. The molecule has 2 aromatic rings. The molecule has 7 heteroatoms. The van der Waals surface area contributed by atoms with E-state index in [9.17, 15) is 14.7 Å². The molecule has 26 heavy (non-hydrogen) atoms. The van der Waals surface area contributed by atoms with Gasteiger partial charge >= 0.3 is 5.97 Å². The number of carbonyl (C=O) groups excluding carboxylic acids is 1. The van der Waals surface area contributed by atoms with Gasteiger partial charge in [-0.05, 0) is 38.3 Å². The summed E-state index contributed by atoms with van der Waals surface area (Å²) in [6.45, 7) is 2.65. The largest absolute Gasteiger partial charge is 0.480 e. The summed E-state index contributed by atoms with van der Waals surface area (Å²) >= 11 is 0. The molecule has 7 nitrogen and oxygen atoms in total. The smallest absolute Gasteiger partial charge is 0.328 e. The summed E-state index contributed by atoms with van der Waals surface area (Å²) in [5.74, 6) is -1.36. The molecule has 136 valence electrons. The minimum Gasteiger partial charge on any atom is -0.480 e. The lowest BCUT2D eigenvalue weighted by Gasteiger charge is -2.32. The Morgan fingerprint density at radius 3 is 2.73 bits per heavy atom. The first-order valence-corrected chi connectivity index (χ1v) is 8.85. The summed E-state index contributed by atoms with van der Waals surface area (Å²) in [5.41, 5.74) is 4.46. The summed E-state index contributed by atoms with van der Waals surface area (Å²) < 4.78 is 7.08. The van der Waals surface area contributed by atoms with Crippen molar-refractivity contribution in [3.05, 3.63) is 46.8 Å². The molecule has 1 aromatic heterocycles. The number of carbonyl (C=O) groups is 2. The number of hydrogen-bond donors (Lipinski definition) is 1. The summed E-state index contributed by atoms with van der Waals surface area (Å²) in [6, 6.07) is 7.05. The first-order valence-electron chi connectivity index (χ1n) is 8.85. The van der Waals surface area contributed by atoms with Gasteiger partial charge in [0.25, 0.3) is 5.91 Å². The van der Waals surface area contributed by atoms with Crippen LogP contribution < -0.4 is 0 Å². The lowest BCUT2D eigenvalue weighted by atomic mass is 10.1. The van der Waals surface area contributed by atoms with Crippen molar-refractivity contribution < 1.29 is 19.4 Å². The summed E-state index contributed by atoms with van der Waals surface area (Å²) in [6.07, 6.45) is 2.64. The number of carboxylic acids is 1. The summed E-state index contributed by atoms with van der Waals surface area (Å²) in [5, 5.41) is 14.0. The van der Waals surface area contributed by atoms with E-state index in [0.717, 1.165) is 41.8 Å². The molecule has 1 aromatic carbocycles. The minimum absolute atomic E-state index is 0.0158. The van der Waals surface area contributed by atoms with Crippen molar-refractivity contribution >= 4 is 11.9 Å². The lowest BCUT2D eigenvalue weighted by molar-refractivity contribution is -0.147. The van der Waals surface area contributed by atoms with Crippen molar-refractivity contribution in [2.75, 3.05) is 19.8 Å². The SMILES string of the molecule is Cc1ccc(-n2nc(C(=O)N3CCOCC3C(=O)O)c3c2CCC3)cc1. The van der Waals surface area contributed by atoms with E-state index >= 15 is 0 Å². The van der Waals surface area contributed by atoms with Gasteiger partial charge in [-0.25, -0.2) is 9.48 Å². The lowest BCUT2D eigenvalue weighted by Crippen LogP contribution is -2.52. The summed E-state index contributed by atoms with van der Waals surface area (Å²) in [7, 11) is 0. The first kappa shape index (κ1) is 16.8. The van der Waals surface area contributed by atoms with Crippen LogP contribution in [-0.2, 0) is 22.4 Å². The fourth-order valence-corrected chi connectivity index (χ4v) is 3.70. The number of fused-ring (bicyclic) bond motifs is 1. The zero-order valence-corrected chi connectivity index (χ0v) is 14.6. The fourth-order valence-electron chi connectivity index (χ4n) is 3.70. The van der Waals surface area contributed by atoms with Gasteiger partial charge in [0.1, 0.15) is 0 Å². The Morgan fingerprint density at radius 2 is 2.00 bits per heavy atom. The number of amides is 1. The molecule has 0 radical (unpaired) electrons. The van der Waals surface area contributed by atoms with Crippen LogP contribution in [0, 0.1) is 6.92 Å². The van der Waals surface area contributed by atoms with E-state index in [1.807, 2.05) is 35.9 Å². The Hall–Kier alpha value is -2.67. The second-order valence-corrected chi connectivity index (χ2v) is 6.80. The highest BCUT2D eigenvalue weighted by Gasteiger charge is 2.37. The van der Waals surface area contributed by atoms with Crippen LogP contribution in [-0.4, -0.2) is 57.5 Å². The fraction of sp³-hybridized carbons (Fsp3) is 0.421. The Labute approximate surface area is 151 Å². The molecular weight excluding hydrogens is 334 g/mol. The number of rotatable bonds is 3. The Bertz CT molecular complexity index is 856. The highest BCUT2D eigenvalue weighted by Crippen LogP contribution is 2.29. The van der Waals surface area contributed by atoms with Gasteiger partial charge in [0.2, 0.25) is 0 Å². The van der Waals surface area contributed by atoms with Crippen LogP contribution in [0.2, 0.25) is 0 Å². The molecule has 1 unspecified atom stereocenters. The average Bonchev–Trinajstić information content (AvgIpc) is 3.24. The highest BCUT2D eigenvalue weighted by atomic mass is 16.5. The molecule has 1 fully saturated rings. The number of ether oxygens (including phenoxy) is 1. The predicted molar refractivity (Wildman–Crippen MR) is 93.6 cm³/mol. The number of carboxylic acid groups (broad SMARTS) is 1. The van der Waals surface area contributed by atoms with Crippen LogP contribution in [0.15, 0.2) is 24.3 Å². The number of aromatic nitrogens is 2. The molecule has 0 spiro atoms. The molecule has 4 rings (SSSR count). The van der Waals surface area contributed by atoms with Gasteiger partial charge in [-0.1, -0.05) is 17.7 Å². The molecule has 2 aliphatic rings. The van der Waals surface area contributed by atoms with Crippen molar-refractivity contribution in [2.24, 2.45) is 0 Å². The topological polar surface area (TPSA) is 84.7 Å². The summed E-state index contributed by atoms with van der Waals surface area (Å²) in [4.78, 5) is 26.0. The molecular formula is C19H21N3O4. The number of aryl methyl sites for hydroxylation is 1. The highest BCUT2D eigenvalue weighted by molar-refractivity contribution is 5.97. The maximum Gasteiger partial charge on any atom is 0.328 e. The Kier molecular flexibility index (Phi) is 4.24. The van der Waals surface area contributed by atoms with Gasteiger partial charge in [-0.3, -0.25) is 4.79 Å². The van der Waals surface area contributed by atoms with E-state index in [0.29, 0.717) is 12.3 Å².